The summed E-state index contributed by atoms with van der Waals surface area (Å²) in [5.74, 6) is 1.73. The van der Waals surface area contributed by atoms with Crippen molar-refractivity contribution in [3.63, 3.8) is 0 Å². The molecule has 0 spiro atoms. The van der Waals surface area contributed by atoms with Crippen molar-refractivity contribution in [2.24, 2.45) is 5.92 Å². The summed E-state index contributed by atoms with van der Waals surface area (Å²) in [4.78, 5) is 30.5. The highest BCUT2D eigenvalue weighted by molar-refractivity contribution is 7.22. The third-order valence-electron chi connectivity index (χ3n) is 5.85. The van der Waals surface area contributed by atoms with E-state index in [9.17, 15) is 4.79 Å². The van der Waals surface area contributed by atoms with Gasteiger partial charge in [-0.05, 0) is 44.7 Å². The number of benzene rings is 1. The van der Waals surface area contributed by atoms with Crippen LogP contribution in [0.25, 0.3) is 21.4 Å². The molecule has 9 nitrogen and oxygen atoms in total. The Morgan fingerprint density at radius 3 is 2.77 bits per heavy atom. The van der Waals surface area contributed by atoms with E-state index in [2.05, 4.69) is 29.8 Å². The lowest BCUT2D eigenvalue weighted by atomic mass is 9.85. The summed E-state index contributed by atoms with van der Waals surface area (Å²) in [6, 6.07) is 6.01. The van der Waals surface area contributed by atoms with E-state index >= 15 is 0 Å². The van der Waals surface area contributed by atoms with Crippen LogP contribution in [0.1, 0.15) is 37.5 Å². The molecular formula is C21H23N7O2S. The maximum atomic E-state index is 12.9. The lowest BCUT2D eigenvalue weighted by Crippen LogP contribution is -2.28. The van der Waals surface area contributed by atoms with Gasteiger partial charge >= 0.3 is 0 Å². The van der Waals surface area contributed by atoms with Gasteiger partial charge in [0.05, 0.1) is 18.1 Å². The molecule has 0 saturated heterocycles. The number of aromatic nitrogens is 5. The fourth-order valence-corrected chi connectivity index (χ4v) is 5.17. The van der Waals surface area contributed by atoms with Crippen molar-refractivity contribution < 1.29 is 9.53 Å². The van der Waals surface area contributed by atoms with E-state index in [4.69, 9.17) is 10.5 Å². The standard InChI is InChI=1S/C21H23N7O2S/c1-11-24-18(22)17-19(25-11)28(10-23-17)13-8-6-12(7-9-13)20(29)27-21-26-16-14(30-2)4-3-5-15(16)31-21/h3-5,10,12-13H,6-9H2,1-2H3,(H2,22,24,25)(H,26,27,29)/t12-,13+. The molecular weight excluding hydrogens is 414 g/mol. The zero-order valence-corrected chi connectivity index (χ0v) is 18.1. The summed E-state index contributed by atoms with van der Waals surface area (Å²) in [5, 5.41) is 3.61. The maximum Gasteiger partial charge on any atom is 0.229 e. The Labute approximate surface area is 182 Å². The van der Waals surface area contributed by atoms with Gasteiger partial charge < -0.3 is 20.4 Å². The zero-order valence-electron chi connectivity index (χ0n) is 17.3. The Hall–Kier alpha value is -3.27. The van der Waals surface area contributed by atoms with Crippen LogP contribution >= 0.6 is 11.3 Å². The van der Waals surface area contributed by atoms with E-state index in [0.717, 1.165) is 41.5 Å². The number of nitrogens with two attached hydrogens (primary N) is 1. The Morgan fingerprint density at radius 2 is 2.00 bits per heavy atom. The Balaban J connectivity index is 1.27. The predicted molar refractivity (Wildman–Crippen MR) is 120 cm³/mol. The van der Waals surface area contributed by atoms with Crippen LogP contribution in [-0.4, -0.2) is 37.5 Å². The third kappa shape index (κ3) is 3.56. The summed E-state index contributed by atoms with van der Waals surface area (Å²) in [7, 11) is 1.62. The molecule has 0 radical (unpaired) electrons. The SMILES string of the molecule is COc1cccc2sc(NC(=O)[C@H]3CC[C@@H](n4cnc5c(N)nc(C)nc54)CC3)nc12. The Bertz CT molecular complexity index is 1270. The quantitative estimate of drug-likeness (QED) is 0.499. The number of amides is 1. The number of rotatable bonds is 4. The third-order valence-corrected chi connectivity index (χ3v) is 6.79. The largest absolute Gasteiger partial charge is 0.494 e. The number of thiazole rings is 1. The van der Waals surface area contributed by atoms with Gasteiger partial charge in [-0.25, -0.2) is 19.9 Å². The number of ether oxygens (including phenoxy) is 1. The van der Waals surface area contributed by atoms with Gasteiger partial charge in [-0.1, -0.05) is 17.4 Å². The van der Waals surface area contributed by atoms with E-state index in [0.29, 0.717) is 28.0 Å². The van der Waals surface area contributed by atoms with E-state index in [-0.39, 0.29) is 17.9 Å². The molecule has 3 aromatic heterocycles. The van der Waals surface area contributed by atoms with E-state index in [1.54, 1.807) is 13.4 Å². The number of hydrogen-bond donors (Lipinski definition) is 2. The molecule has 1 aliphatic rings. The molecule has 0 unspecified atom stereocenters. The number of hydrogen-bond acceptors (Lipinski definition) is 8. The molecule has 4 aromatic rings. The fraction of sp³-hybridized carbons (Fsp3) is 0.381. The molecule has 1 amide bonds. The molecule has 0 aliphatic heterocycles. The Kier molecular flexibility index (Phi) is 4.93. The van der Waals surface area contributed by atoms with Crippen molar-refractivity contribution in [1.29, 1.82) is 0 Å². The summed E-state index contributed by atoms with van der Waals surface area (Å²) < 4.78 is 8.43. The van der Waals surface area contributed by atoms with Crippen molar-refractivity contribution in [2.45, 2.75) is 38.6 Å². The van der Waals surface area contributed by atoms with Gasteiger partial charge in [-0.15, -0.1) is 0 Å². The molecule has 3 N–H and O–H groups in total. The number of carbonyl (C=O) groups excluding carboxylic acids is 1. The van der Waals surface area contributed by atoms with Crippen LogP contribution in [0.2, 0.25) is 0 Å². The number of carbonyl (C=O) groups is 1. The number of nitrogen functional groups attached to an aromatic ring is 1. The number of para-hydroxylation sites is 1. The van der Waals surface area contributed by atoms with Gasteiger partial charge in [0.2, 0.25) is 5.91 Å². The summed E-state index contributed by atoms with van der Waals surface area (Å²) >= 11 is 1.46. The van der Waals surface area contributed by atoms with E-state index in [1.807, 2.05) is 25.1 Å². The normalized spacial score (nSPS) is 19.0. The van der Waals surface area contributed by atoms with Crippen molar-refractivity contribution in [1.82, 2.24) is 24.5 Å². The van der Waals surface area contributed by atoms with Gasteiger partial charge in [-0.3, -0.25) is 4.79 Å². The maximum absolute atomic E-state index is 12.9. The van der Waals surface area contributed by atoms with Gasteiger partial charge in [0.15, 0.2) is 16.6 Å². The van der Waals surface area contributed by atoms with Crippen molar-refractivity contribution >= 4 is 49.6 Å². The molecule has 0 bridgehead atoms. The smallest absolute Gasteiger partial charge is 0.229 e. The highest BCUT2D eigenvalue weighted by atomic mass is 32.1. The fourth-order valence-electron chi connectivity index (χ4n) is 4.28. The van der Waals surface area contributed by atoms with E-state index in [1.165, 1.54) is 11.3 Å². The first-order valence-corrected chi connectivity index (χ1v) is 11.1. The number of methoxy groups -OCH3 is 1. The molecule has 1 saturated carbocycles. The number of nitrogens with zero attached hydrogens (tertiary/aromatic N) is 5. The lowest BCUT2D eigenvalue weighted by molar-refractivity contribution is -0.120. The van der Waals surface area contributed by atoms with Crippen molar-refractivity contribution in [2.75, 3.05) is 18.2 Å². The molecule has 31 heavy (non-hydrogen) atoms. The highest BCUT2D eigenvalue weighted by Crippen LogP contribution is 2.36. The van der Waals surface area contributed by atoms with Crippen LogP contribution in [0, 0.1) is 12.8 Å². The van der Waals surface area contributed by atoms with Crippen LogP contribution < -0.4 is 15.8 Å². The lowest BCUT2D eigenvalue weighted by Gasteiger charge is -2.28. The van der Waals surface area contributed by atoms with Gasteiger partial charge in [0.25, 0.3) is 0 Å². The van der Waals surface area contributed by atoms with Crippen LogP contribution in [0.3, 0.4) is 0 Å². The van der Waals surface area contributed by atoms with Crippen molar-refractivity contribution in [3.8, 4) is 5.75 Å². The summed E-state index contributed by atoms with van der Waals surface area (Å²) in [6.07, 6.45) is 5.13. The number of nitrogens with one attached hydrogen (secondary N) is 1. The van der Waals surface area contributed by atoms with Gasteiger partial charge in [0, 0.05) is 12.0 Å². The second kappa shape index (κ2) is 7.77. The molecule has 10 heteroatoms. The van der Waals surface area contributed by atoms with Crippen LogP contribution in [0.15, 0.2) is 24.5 Å². The van der Waals surface area contributed by atoms with Crippen LogP contribution in [-0.2, 0) is 4.79 Å². The molecule has 1 aliphatic carbocycles. The zero-order chi connectivity index (χ0) is 21.5. The molecule has 1 aromatic carbocycles. The van der Waals surface area contributed by atoms with E-state index < -0.39 is 0 Å². The Morgan fingerprint density at radius 1 is 1.19 bits per heavy atom. The topological polar surface area (TPSA) is 121 Å². The first-order valence-electron chi connectivity index (χ1n) is 10.2. The van der Waals surface area contributed by atoms with Crippen LogP contribution in [0.4, 0.5) is 10.9 Å². The number of aryl methyl sites for hydroxylation is 1. The molecule has 0 atom stereocenters. The van der Waals surface area contributed by atoms with Crippen LogP contribution in [0.5, 0.6) is 5.75 Å². The molecule has 160 valence electrons. The first kappa shape index (κ1) is 19.7. The molecule has 5 rings (SSSR count). The minimum absolute atomic E-state index is 0.0226. The average molecular weight is 438 g/mol. The molecule has 1 fully saturated rings. The number of anilines is 2. The minimum atomic E-state index is -0.0404. The summed E-state index contributed by atoms with van der Waals surface area (Å²) in [5.41, 5.74) is 8.16. The average Bonchev–Trinajstić information content (AvgIpc) is 3.37. The van der Waals surface area contributed by atoms with Gasteiger partial charge in [0.1, 0.15) is 22.6 Å². The highest BCUT2D eigenvalue weighted by Gasteiger charge is 2.29. The minimum Gasteiger partial charge on any atom is -0.494 e. The molecule has 3 heterocycles. The van der Waals surface area contributed by atoms with Crippen molar-refractivity contribution in [3.05, 3.63) is 30.4 Å². The van der Waals surface area contributed by atoms with Gasteiger partial charge in [-0.2, -0.15) is 0 Å². The number of imidazole rings is 1. The first-order chi connectivity index (χ1) is 15.0. The second-order valence-electron chi connectivity index (χ2n) is 7.80. The second-order valence-corrected chi connectivity index (χ2v) is 8.83. The monoisotopic (exact) mass is 437 g/mol. The summed E-state index contributed by atoms with van der Waals surface area (Å²) in [6.45, 7) is 1.83. The number of fused-ring (bicyclic) bond motifs is 2. The predicted octanol–water partition coefficient (Wildman–Crippen LogP) is 3.71.